The topological polar surface area (TPSA) is 29.5 Å². The lowest BCUT2D eigenvalue weighted by Crippen LogP contribution is -2.28. The van der Waals surface area contributed by atoms with Crippen molar-refractivity contribution in [3.05, 3.63) is 0 Å². The largest absolute Gasteiger partial charge is 0.366 e. The molecule has 0 aromatic heterocycles. The Balaban J connectivity index is 3.35. The predicted molar refractivity (Wildman–Crippen MR) is 60.2 cm³/mol. The molecule has 0 aromatic rings. The first-order valence-electron chi connectivity index (χ1n) is 5.98. The highest BCUT2D eigenvalue weighted by molar-refractivity contribution is 4.59. The highest BCUT2D eigenvalue weighted by Crippen LogP contribution is 2.15. The second-order valence-corrected chi connectivity index (χ2v) is 4.19. The van der Waals surface area contributed by atoms with Crippen molar-refractivity contribution >= 4 is 0 Å². The molecule has 1 N–H and O–H groups in total. The van der Waals surface area contributed by atoms with Gasteiger partial charge in [0.05, 0.1) is 0 Å². The zero-order chi connectivity index (χ0) is 10.9. The molecule has 0 spiro atoms. The number of ether oxygens (including phenoxy) is 1. The van der Waals surface area contributed by atoms with E-state index in [9.17, 15) is 5.11 Å². The highest BCUT2D eigenvalue weighted by Gasteiger charge is 2.19. The minimum absolute atomic E-state index is 0.691. The van der Waals surface area contributed by atoms with Gasteiger partial charge in [0.1, 0.15) is 0 Å². The van der Waals surface area contributed by atoms with Crippen molar-refractivity contribution in [1.82, 2.24) is 0 Å². The van der Waals surface area contributed by atoms with Crippen LogP contribution in [0.15, 0.2) is 0 Å². The van der Waals surface area contributed by atoms with E-state index in [1.54, 1.807) is 6.92 Å². The Morgan fingerprint density at radius 2 is 1.64 bits per heavy atom. The van der Waals surface area contributed by atoms with Crippen LogP contribution < -0.4 is 0 Å². The predicted octanol–water partition coefficient (Wildman–Crippen LogP) is 3.48. The molecule has 0 saturated heterocycles. The van der Waals surface area contributed by atoms with Crippen LogP contribution in [0.4, 0.5) is 0 Å². The molecular formula is C12H26O2. The molecule has 0 radical (unpaired) electrons. The summed E-state index contributed by atoms with van der Waals surface area (Å²) in [5.74, 6) is -0.901. The van der Waals surface area contributed by atoms with E-state index in [1.807, 2.05) is 0 Å². The summed E-state index contributed by atoms with van der Waals surface area (Å²) in [5, 5.41) is 9.78. The van der Waals surface area contributed by atoms with E-state index in [0.717, 1.165) is 25.7 Å². The Morgan fingerprint density at radius 1 is 1.00 bits per heavy atom. The van der Waals surface area contributed by atoms with Crippen molar-refractivity contribution in [2.75, 3.05) is 6.61 Å². The molecule has 0 fully saturated rings. The molecule has 0 amide bonds. The minimum atomic E-state index is -0.901. The molecular weight excluding hydrogens is 176 g/mol. The van der Waals surface area contributed by atoms with Crippen molar-refractivity contribution in [3.8, 4) is 0 Å². The summed E-state index contributed by atoms with van der Waals surface area (Å²) in [4.78, 5) is 0. The van der Waals surface area contributed by atoms with Gasteiger partial charge in [-0.2, -0.15) is 0 Å². The fourth-order valence-electron chi connectivity index (χ4n) is 1.40. The van der Waals surface area contributed by atoms with Gasteiger partial charge >= 0.3 is 0 Å². The van der Waals surface area contributed by atoms with E-state index in [1.165, 1.54) is 19.3 Å². The molecule has 86 valence electrons. The second-order valence-electron chi connectivity index (χ2n) is 4.19. The van der Waals surface area contributed by atoms with Gasteiger partial charge in [-0.1, -0.05) is 39.5 Å². The van der Waals surface area contributed by atoms with Crippen molar-refractivity contribution in [2.24, 2.45) is 0 Å². The molecule has 0 aromatic carbocycles. The third-order valence-electron chi connectivity index (χ3n) is 2.41. The summed E-state index contributed by atoms with van der Waals surface area (Å²) in [7, 11) is 0. The lowest BCUT2D eigenvalue weighted by Gasteiger charge is -2.23. The third-order valence-corrected chi connectivity index (χ3v) is 2.41. The first kappa shape index (κ1) is 13.9. The van der Waals surface area contributed by atoms with E-state index in [4.69, 9.17) is 4.74 Å². The number of hydrogen-bond acceptors (Lipinski definition) is 2. The van der Waals surface area contributed by atoms with Crippen molar-refractivity contribution in [2.45, 2.75) is 71.5 Å². The zero-order valence-corrected chi connectivity index (χ0v) is 10.0. The maximum absolute atomic E-state index is 9.78. The molecule has 2 nitrogen and oxygen atoms in total. The molecule has 0 aliphatic rings. The van der Waals surface area contributed by atoms with Crippen LogP contribution >= 0.6 is 0 Å². The highest BCUT2D eigenvalue weighted by atomic mass is 16.6. The van der Waals surface area contributed by atoms with E-state index >= 15 is 0 Å². The summed E-state index contributed by atoms with van der Waals surface area (Å²) in [6, 6.07) is 0. The van der Waals surface area contributed by atoms with Crippen molar-refractivity contribution in [3.63, 3.8) is 0 Å². The van der Waals surface area contributed by atoms with Crippen molar-refractivity contribution in [1.29, 1.82) is 0 Å². The Kier molecular flexibility index (Phi) is 8.20. The maximum Gasteiger partial charge on any atom is 0.162 e. The van der Waals surface area contributed by atoms with E-state index in [0.29, 0.717) is 6.61 Å². The number of rotatable bonds is 9. The van der Waals surface area contributed by atoms with Gasteiger partial charge < -0.3 is 9.84 Å². The summed E-state index contributed by atoms with van der Waals surface area (Å²) in [5.41, 5.74) is 0. The van der Waals surface area contributed by atoms with Gasteiger partial charge in [0.2, 0.25) is 0 Å². The molecule has 0 heterocycles. The quantitative estimate of drug-likeness (QED) is 0.458. The van der Waals surface area contributed by atoms with Crippen LogP contribution in [0.2, 0.25) is 0 Å². The van der Waals surface area contributed by atoms with Crippen LogP contribution in [0.3, 0.4) is 0 Å². The smallest absolute Gasteiger partial charge is 0.162 e. The lowest BCUT2D eigenvalue weighted by molar-refractivity contribution is -0.195. The van der Waals surface area contributed by atoms with Gasteiger partial charge in [0.25, 0.3) is 0 Å². The molecule has 0 aliphatic heterocycles. The molecule has 1 atom stereocenters. The maximum atomic E-state index is 9.78. The Hall–Kier alpha value is -0.0800. The molecule has 0 bridgehead atoms. The Morgan fingerprint density at radius 3 is 2.21 bits per heavy atom. The van der Waals surface area contributed by atoms with Crippen molar-refractivity contribution < 1.29 is 9.84 Å². The van der Waals surface area contributed by atoms with Crippen LogP contribution in [0.1, 0.15) is 65.7 Å². The first-order chi connectivity index (χ1) is 6.62. The minimum Gasteiger partial charge on any atom is -0.366 e. The van der Waals surface area contributed by atoms with E-state index in [-0.39, 0.29) is 0 Å². The Labute approximate surface area is 88.7 Å². The fraction of sp³-hybridized carbons (Fsp3) is 1.00. The van der Waals surface area contributed by atoms with Gasteiger partial charge in [-0.05, 0) is 19.8 Å². The van der Waals surface area contributed by atoms with Crippen LogP contribution in [-0.4, -0.2) is 17.5 Å². The van der Waals surface area contributed by atoms with Crippen LogP contribution in [-0.2, 0) is 4.74 Å². The molecule has 0 saturated carbocycles. The summed E-state index contributed by atoms with van der Waals surface area (Å²) < 4.78 is 5.43. The molecule has 0 rings (SSSR count). The average Bonchev–Trinajstić information content (AvgIpc) is 2.15. The summed E-state index contributed by atoms with van der Waals surface area (Å²) >= 11 is 0. The average molecular weight is 202 g/mol. The molecule has 2 heteroatoms. The Bertz CT molecular complexity index is 121. The number of hydrogen-bond donors (Lipinski definition) is 1. The summed E-state index contributed by atoms with van der Waals surface area (Å²) in [6.45, 7) is 6.77. The molecule has 1 unspecified atom stereocenters. The molecule has 14 heavy (non-hydrogen) atoms. The van der Waals surface area contributed by atoms with Gasteiger partial charge in [-0.3, -0.25) is 0 Å². The fourth-order valence-corrected chi connectivity index (χ4v) is 1.40. The zero-order valence-electron chi connectivity index (χ0n) is 10.0. The van der Waals surface area contributed by atoms with Gasteiger partial charge in [0.15, 0.2) is 5.79 Å². The third kappa shape index (κ3) is 8.52. The van der Waals surface area contributed by atoms with Crippen LogP contribution in [0.5, 0.6) is 0 Å². The van der Waals surface area contributed by atoms with Crippen LogP contribution in [0.25, 0.3) is 0 Å². The monoisotopic (exact) mass is 202 g/mol. The summed E-state index contributed by atoms with van der Waals surface area (Å²) in [6.07, 6.45) is 7.66. The van der Waals surface area contributed by atoms with Gasteiger partial charge in [0, 0.05) is 13.0 Å². The van der Waals surface area contributed by atoms with E-state index < -0.39 is 5.79 Å². The normalized spacial score (nSPS) is 15.4. The first-order valence-corrected chi connectivity index (χ1v) is 5.98. The second kappa shape index (κ2) is 8.25. The van der Waals surface area contributed by atoms with E-state index in [2.05, 4.69) is 13.8 Å². The van der Waals surface area contributed by atoms with Gasteiger partial charge in [-0.25, -0.2) is 0 Å². The SMILES string of the molecule is CCCCCCOC(C)(O)CCCC. The van der Waals surface area contributed by atoms with Gasteiger partial charge in [-0.15, -0.1) is 0 Å². The number of unbranched alkanes of at least 4 members (excludes halogenated alkanes) is 4. The lowest BCUT2D eigenvalue weighted by atomic mass is 10.1. The number of aliphatic hydroxyl groups is 1. The van der Waals surface area contributed by atoms with Crippen LogP contribution in [0, 0.1) is 0 Å². The molecule has 0 aliphatic carbocycles. The standard InChI is InChI=1S/C12H26O2/c1-4-6-8-9-11-14-12(3,13)10-7-5-2/h13H,4-11H2,1-3H3.